The molecule has 11 heavy (non-hydrogen) atoms. The molecule has 0 radical (unpaired) electrons. The largest absolute Gasteiger partial charge is 0.465 e. The van der Waals surface area contributed by atoms with E-state index < -0.39 is 5.41 Å². The summed E-state index contributed by atoms with van der Waals surface area (Å²) in [6.45, 7) is 3.99. The highest BCUT2D eigenvalue weighted by Gasteiger charge is 2.59. The fourth-order valence-electron chi connectivity index (χ4n) is 1.17. The Morgan fingerprint density at radius 3 is 2.73 bits per heavy atom. The molecule has 0 N–H and O–H groups in total. The third kappa shape index (κ3) is 1.09. The Morgan fingerprint density at radius 1 is 1.91 bits per heavy atom. The van der Waals surface area contributed by atoms with E-state index in [2.05, 4.69) is 0 Å². The van der Waals surface area contributed by atoms with Crippen LogP contribution in [0.3, 0.4) is 0 Å². The summed E-state index contributed by atoms with van der Waals surface area (Å²) >= 11 is 0. The molecule has 0 amide bonds. The van der Waals surface area contributed by atoms with Crippen LogP contribution in [-0.4, -0.2) is 12.6 Å². The molecule has 0 heterocycles. The van der Waals surface area contributed by atoms with E-state index in [1.807, 2.05) is 13.0 Å². The van der Waals surface area contributed by atoms with Crippen LogP contribution in [0.25, 0.3) is 0 Å². The zero-order valence-corrected chi connectivity index (χ0v) is 6.76. The molecule has 1 fully saturated rings. The van der Waals surface area contributed by atoms with Gasteiger partial charge in [0.1, 0.15) is 0 Å². The Balaban J connectivity index is 2.60. The van der Waals surface area contributed by atoms with Gasteiger partial charge < -0.3 is 4.74 Å². The van der Waals surface area contributed by atoms with E-state index in [-0.39, 0.29) is 11.9 Å². The lowest BCUT2D eigenvalue weighted by Gasteiger charge is -2.04. The molecule has 0 aromatic rings. The Morgan fingerprint density at radius 2 is 2.45 bits per heavy atom. The Bertz CT molecular complexity index is 219. The average molecular weight is 153 g/mol. The van der Waals surface area contributed by atoms with E-state index in [1.165, 1.54) is 0 Å². The van der Waals surface area contributed by atoms with Gasteiger partial charge in [-0.3, -0.25) is 4.79 Å². The first-order valence-corrected chi connectivity index (χ1v) is 3.76. The lowest BCUT2D eigenvalue weighted by atomic mass is 10.1. The summed E-state index contributed by atoms with van der Waals surface area (Å²) in [5, 5.41) is 8.67. The molecule has 0 aromatic heterocycles. The molecule has 2 atom stereocenters. The quantitative estimate of drug-likeness (QED) is 0.558. The second-order valence-corrected chi connectivity index (χ2v) is 2.91. The number of nitriles is 1. The van der Waals surface area contributed by atoms with Crippen molar-refractivity contribution in [2.45, 2.75) is 20.3 Å². The molecule has 60 valence electrons. The van der Waals surface area contributed by atoms with E-state index in [4.69, 9.17) is 10.00 Å². The zero-order valence-electron chi connectivity index (χ0n) is 6.76. The summed E-state index contributed by atoms with van der Waals surface area (Å²) in [4.78, 5) is 11.1. The maximum absolute atomic E-state index is 11.1. The van der Waals surface area contributed by atoms with Gasteiger partial charge in [-0.15, -0.1) is 0 Å². The van der Waals surface area contributed by atoms with Gasteiger partial charge in [-0.25, -0.2) is 0 Å². The van der Waals surface area contributed by atoms with Crippen molar-refractivity contribution < 1.29 is 9.53 Å². The molecular weight excluding hydrogens is 142 g/mol. The van der Waals surface area contributed by atoms with Gasteiger partial charge in [0.2, 0.25) is 0 Å². The molecule has 0 aromatic carbocycles. The van der Waals surface area contributed by atoms with Crippen molar-refractivity contribution in [1.29, 1.82) is 5.26 Å². The predicted octanol–water partition coefficient (Wildman–Crippen LogP) is 1.10. The number of carbonyl (C=O) groups is 1. The average Bonchev–Trinajstić information content (AvgIpc) is 2.63. The molecule has 1 rings (SSSR count). The van der Waals surface area contributed by atoms with Gasteiger partial charge in [0.25, 0.3) is 0 Å². The van der Waals surface area contributed by atoms with Crippen molar-refractivity contribution in [3.05, 3.63) is 0 Å². The van der Waals surface area contributed by atoms with Gasteiger partial charge in [0, 0.05) is 0 Å². The monoisotopic (exact) mass is 153 g/mol. The van der Waals surface area contributed by atoms with Crippen LogP contribution in [0, 0.1) is 22.7 Å². The molecule has 1 aliphatic rings. The lowest BCUT2D eigenvalue weighted by Crippen LogP contribution is -2.18. The highest BCUT2D eigenvalue weighted by molar-refractivity contribution is 5.83. The number of ether oxygens (including phenoxy) is 1. The maximum Gasteiger partial charge on any atom is 0.326 e. The van der Waals surface area contributed by atoms with Crippen LogP contribution in [0.5, 0.6) is 0 Å². The normalized spacial score (nSPS) is 34.1. The number of nitrogens with zero attached hydrogens (tertiary/aromatic N) is 1. The van der Waals surface area contributed by atoms with Gasteiger partial charge in [-0.05, 0) is 19.3 Å². The van der Waals surface area contributed by atoms with E-state index >= 15 is 0 Å². The zero-order chi connectivity index (χ0) is 8.48. The number of hydrogen-bond acceptors (Lipinski definition) is 3. The van der Waals surface area contributed by atoms with Crippen LogP contribution in [0.15, 0.2) is 0 Å². The van der Waals surface area contributed by atoms with Gasteiger partial charge in [-0.2, -0.15) is 5.26 Å². The molecule has 0 spiro atoms. The summed E-state index contributed by atoms with van der Waals surface area (Å²) in [5.41, 5.74) is -0.796. The summed E-state index contributed by atoms with van der Waals surface area (Å²) in [7, 11) is 0. The van der Waals surface area contributed by atoms with Crippen molar-refractivity contribution >= 4 is 5.97 Å². The third-order valence-electron chi connectivity index (χ3n) is 2.15. The first-order valence-electron chi connectivity index (χ1n) is 3.76. The fraction of sp³-hybridized carbons (Fsp3) is 0.750. The minimum atomic E-state index is -0.796. The van der Waals surface area contributed by atoms with Crippen LogP contribution in [-0.2, 0) is 9.53 Å². The molecule has 1 aliphatic carbocycles. The van der Waals surface area contributed by atoms with Gasteiger partial charge in [0.15, 0.2) is 5.41 Å². The number of hydrogen-bond donors (Lipinski definition) is 0. The second kappa shape index (κ2) is 2.54. The molecule has 3 nitrogen and oxygen atoms in total. The van der Waals surface area contributed by atoms with E-state index in [9.17, 15) is 4.79 Å². The van der Waals surface area contributed by atoms with Crippen LogP contribution >= 0.6 is 0 Å². The lowest BCUT2D eigenvalue weighted by molar-refractivity contribution is -0.147. The van der Waals surface area contributed by atoms with E-state index in [1.54, 1.807) is 6.92 Å². The highest BCUT2D eigenvalue weighted by Crippen LogP contribution is 2.52. The van der Waals surface area contributed by atoms with Crippen LogP contribution in [0.2, 0.25) is 0 Å². The Hall–Kier alpha value is -1.04. The van der Waals surface area contributed by atoms with Crippen molar-refractivity contribution in [3.8, 4) is 6.07 Å². The molecule has 1 saturated carbocycles. The Kier molecular flexibility index (Phi) is 1.86. The van der Waals surface area contributed by atoms with Crippen LogP contribution < -0.4 is 0 Å². The SMILES string of the molecule is CCOC(=O)C1(C#N)CC1C. The van der Waals surface area contributed by atoms with Crippen molar-refractivity contribution in [1.82, 2.24) is 0 Å². The van der Waals surface area contributed by atoms with E-state index in [0.29, 0.717) is 13.0 Å². The number of esters is 1. The summed E-state index contributed by atoms with van der Waals surface area (Å²) in [6.07, 6.45) is 0.655. The smallest absolute Gasteiger partial charge is 0.326 e. The van der Waals surface area contributed by atoms with Gasteiger partial charge in [-0.1, -0.05) is 6.92 Å². The number of carbonyl (C=O) groups excluding carboxylic acids is 1. The van der Waals surface area contributed by atoms with Gasteiger partial charge >= 0.3 is 5.97 Å². The fourth-order valence-corrected chi connectivity index (χ4v) is 1.17. The molecule has 0 bridgehead atoms. The first-order chi connectivity index (χ1) is 5.17. The second-order valence-electron chi connectivity index (χ2n) is 2.91. The van der Waals surface area contributed by atoms with Crippen molar-refractivity contribution in [2.75, 3.05) is 6.61 Å². The molecule has 3 heteroatoms. The topological polar surface area (TPSA) is 50.1 Å². The molecule has 2 unspecified atom stereocenters. The predicted molar refractivity (Wildman–Crippen MR) is 38.5 cm³/mol. The third-order valence-corrected chi connectivity index (χ3v) is 2.15. The summed E-state index contributed by atoms with van der Waals surface area (Å²) in [5.74, 6) is -0.179. The molecular formula is C8H11NO2. The highest BCUT2D eigenvalue weighted by atomic mass is 16.5. The summed E-state index contributed by atoms with van der Waals surface area (Å²) in [6, 6.07) is 2.01. The standard InChI is InChI=1S/C8H11NO2/c1-3-11-7(10)8(5-9)4-6(8)2/h6H,3-4H2,1-2H3. The van der Waals surface area contributed by atoms with E-state index in [0.717, 1.165) is 0 Å². The maximum atomic E-state index is 11.1. The van der Waals surface area contributed by atoms with Crippen molar-refractivity contribution in [2.24, 2.45) is 11.3 Å². The van der Waals surface area contributed by atoms with Crippen molar-refractivity contribution in [3.63, 3.8) is 0 Å². The number of rotatable bonds is 2. The van der Waals surface area contributed by atoms with Gasteiger partial charge in [0.05, 0.1) is 12.7 Å². The summed E-state index contributed by atoms with van der Waals surface area (Å²) < 4.78 is 4.77. The van der Waals surface area contributed by atoms with Crippen LogP contribution in [0.4, 0.5) is 0 Å². The first kappa shape index (κ1) is 8.06. The minimum absolute atomic E-state index is 0.173. The minimum Gasteiger partial charge on any atom is -0.465 e. The molecule has 0 saturated heterocycles. The van der Waals surface area contributed by atoms with Crippen LogP contribution in [0.1, 0.15) is 20.3 Å². The Labute approximate surface area is 66.0 Å². The molecule has 0 aliphatic heterocycles.